The van der Waals surface area contributed by atoms with E-state index in [2.05, 4.69) is 17.6 Å². The molecule has 1 heterocycles. The van der Waals surface area contributed by atoms with Crippen molar-refractivity contribution in [3.8, 4) is 0 Å². The van der Waals surface area contributed by atoms with Crippen LogP contribution in [0.15, 0.2) is 0 Å². The van der Waals surface area contributed by atoms with Gasteiger partial charge in [-0.3, -0.25) is 0 Å². The molecule has 2 N–H and O–H groups in total. The summed E-state index contributed by atoms with van der Waals surface area (Å²) in [6, 6.07) is 0. The Balaban J connectivity index is 2.51. The standard InChI is InChI=1S/C11H22N2O2/c1-8-6-12-7-11(8,5)13-9(14)15-10(2,3)4/h8,12H,6-7H2,1-5H3,(H,13,14)/t8-,11-/m1/s1. The minimum absolute atomic E-state index is 0.192. The molecule has 1 rings (SSSR count). The Morgan fingerprint density at radius 3 is 2.53 bits per heavy atom. The summed E-state index contributed by atoms with van der Waals surface area (Å²) in [5.74, 6) is 0.421. The zero-order valence-electron chi connectivity index (χ0n) is 10.3. The van der Waals surface area contributed by atoms with Gasteiger partial charge < -0.3 is 15.4 Å². The monoisotopic (exact) mass is 214 g/mol. The SMILES string of the molecule is C[C@@H]1CNC[C@@]1(C)NC(=O)OC(C)(C)C. The number of hydrogen-bond acceptors (Lipinski definition) is 3. The zero-order chi connectivity index (χ0) is 11.7. The lowest BCUT2D eigenvalue weighted by atomic mass is 9.91. The van der Waals surface area contributed by atoms with Crippen molar-refractivity contribution in [3.05, 3.63) is 0 Å². The maximum atomic E-state index is 11.6. The van der Waals surface area contributed by atoms with E-state index >= 15 is 0 Å². The maximum absolute atomic E-state index is 11.6. The van der Waals surface area contributed by atoms with Crippen LogP contribution in [0.25, 0.3) is 0 Å². The Labute approximate surface area is 91.8 Å². The molecule has 4 nitrogen and oxygen atoms in total. The van der Waals surface area contributed by atoms with Crippen LogP contribution in [-0.2, 0) is 4.74 Å². The van der Waals surface area contributed by atoms with Crippen molar-refractivity contribution in [2.45, 2.75) is 45.8 Å². The van der Waals surface area contributed by atoms with Gasteiger partial charge in [-0.15, -0.1) is 0 Å². The summed E-state index contributed by atoms with van der Waals surface area (Å²) in [4.78, 5) is 11.6. The molecule has 0 spiro atoms. The number of amides is 1. The first-order valence-corrected chi connectivity index (χ1v) is 5.45. The van der Waals surface area contributed by atoms with Crippen molar-refractivity contribution >= 4 is 6.09 Å². The maximum Gasteiger partial charge on any atom is 0.408 e. The lowest BCUT2D eigenvalue weighted by Crippen LogP contribution is -2.52. The van der Waals surface area contributed by atoms with Crippen LogP contribution in [0.3, 0.4) is 0 Å². The second-order valence-electron chi connectivity index (χ2n) is 5.58. The van der Waals surface area contributed by atoms with Gasteiger partial charge in [-0.25, -0.2) is 4.79 Å². The predicted molar refractivity (Wildman–Crippen MR) is 59.8 cm³/mol. The first kappa shape index (κ1) is 12.3. The van der Waals surface area contributed by atoms with E-state index in [0.29, 0.717) is 5.92 Å². The molecule has 1 aliphatic rings. The molecule has 0 aliphatic carbocycles. The van der Waals surface area contributed by atoms with Gasteiger partial charge in [0.2, 0.25) is 0 Å². The second-order valence-corrected chi connectivity index (χ2v) is 5.58. The molecule has 1 amide bonds. The molecule has 0 bridgehead atoms. The Kier molecular flexibility index (Phi) is 3.28. The molecular weight excluding hydrogens is 192 g/mol. The molecule has 1 fully saturated rings. The van der Waals surface area contributed by atoms with Crippen LogP contribution in [0.2, 0.25) is 0 Å². The molecule has 0 aromatic heterocycles. The minimum atomic E-state index is -0.435. The predicted octanol–water partition coefficient (Wildman–Crippen LogP) is 1.51. The van der Waals surface area contributed by atoms with Gasteiger partial charge in [0.1, 0.15) is 5.60 Å². The summed E-state index contributed by atoms with van der Waals surface area (Å²) in [5, 5.41) is 6.20. The van der Waals surface area contributed by atoms with Crippen molar-refractivity contribution in [3.63, 3.8) is 0 Å². The fraction of sp³-hybridized carbons (Fsp3) is 0.909. The fourth-order valence-corrected chi connectivity index (χ4v) is 1.65. The van der Waals surface area contributed by atoms with Gasteiger partial charge in [0.15, 0.2) is 0 Å². The summed E-state index contributed by atoms with van der Waals surface area (Å²) in [7, 11) is 0. The summed E-state index contributed by atoms with van der Waals surface area (Å²) in [5.41, 5.74) is -0.627. The van der Waals surface area contributed by atoms with Crippen LogP contribution in [0.1, 0.15) is 34.6 Å². The van der Waals surface area contributed by atoms with Gasteiger partial charge in [0.05, 0.1) is 5.54 Å². The molecule has 4 heteroatoms. The molecule has 0 aromatic carbocycles. The van der Waals surface area contributed by atoms with Crippen LogP contribution < -0.4 is 10.6 Å². The van der Waals surface area contributed by atoms with Gasteiger partial charge in [0.25, 0.3) is 0 Å². The highest BCUT2D eigenvalue weighted by Gasteiger charge is 2.38. The Bertz CT molecular complexity index is 247. The molecule has 1 saturated heterocycles. The highest BCUT2D eigenvalue weighted by molar-refractivity contribution is 5.69. The molecule has 0 aromatic rings. The molecule has 2 atom stereocenters. The number of ether oxygens (including phenoxy) is 1. The van der Waals surface area contributed by atoms with Crippen molar-refractivity contribution in [1.82, 2.24) is 10.6 Å². The van der Waals surface area contributed by atoms with E-state index in [1.165, 1.54) is 0 Å². The van der Waals surface area contributed by atoms with Crippen LogP contribution in [0.4, 0.5) is 4.79 Å². The van der Waals surface area contributed by atoms with Gasteiger partial charge in [-0.2, -0.15) is 0 Å². The molecule has 0 saturated carbocycles. The third-order valence-electron chi connectivity index (χ3n) is 2.82. The summed E-state index contributed by atoms with van der Waals surface area (Å²) < 4.78 is 5.24. The topological polar surface area (TPSA) is 50.4 Å². The van der Waals surface area contributed by atoms with Crippen molar-refractivity contribution in [2.75, 3.05) is 13.1 Å². The van der Waals surface area contributed by atoms with Crippen LogP contribution in [-0.4, -0.2) is 30.3 Å². The third kappa shape index (κ3) is 3.38. The Morgan fingerprint density at radius 2 is 2.13 bits per heavy atom. The second kappa shape index (κ2) is 4.00. The number of alkyl carbamates (subject to hydrolysis) is 1. The molecule has 15 heavy (non-hydrogen) atoms. The van der Waals surface area contributed by atoms with E-state index in [1.807, 2.05) is 27.7 Å². The minimum Gasteiger partial charge on any atom is -0.444 e. The summed E-state index contributed by atoms with van der Waals surface area (Å²) >= 11 is 0. The molecule has 0 unspecified atom stereocenters. The van der Waals surface area contributed by atoms with E-state index in [-0.39, 0.29) is 11.6 Å². The lowest BCUT2D eigenvalue weighted by molar-refractivity contribution is 0.0453. The van der Waals surface area contributed by atoms with E-state index in [1.54, 1.807) is 0 Å². The first-order chi connectivity index (χ1) is 6.73. The molecular formula is C11H22N2O2. The summed E-state index contributed by atoms with van der Waals surface area (Å²) in [6.45, 7) is 11.5. The Morgan fingerprint density at radius 1 is 1.53 bits per heavy atom. The van der Waals surface area contributed by atoms with Crippen molar-refractivity contribution < 1.29 is 9.53 Å². The fourth-order valence-electron chi connectivity index (χ4n) is 1.65. The number of rotatable bonds is 1. The number of carbonyl (C=O) groups is 1. The van der Waals surface area contributed by atoms with E-state index in [0.717, 1.165) is 13.1 Å². The van der Waals surface area contributed by atoms with Gasteiger partial charge in [-0.1, -0.05) is 6.92 Å². The average molecular weight is 214 g/mol. The largest absolute Gasteiger partial charge is 0.444 e. The molecule has 88 valence electrons. The quantitative estimate of drug-likeness (QED) is 0.695. The van der Waals surface area contributed by atoms with Gasteiger partial charge in [0, 0.05) is 13.1 Å². The van der Waals surface area contributed by atoms with Crippen LogP contribution >= 0.6 is 0 Å². The van der Waals surface area contributed by atoms with Crippen molar-refractivity contribution in [2.24, 2.45) is 5.92 Å². The van der Waals surface area contributed by atoms with E-state index in [4.69, 9.17) is 4.74 Å². The van der Waals surface area contributed by atoms with Gasteiger partial charge >= 0.3 is 6.09 Å². The number of hydrogen-bond donors (Lipinski definition) is 2. The highest BCUT2D eigenvalue weighted by atomic mass is 16.6. The molecule has 1 aliphatic heterocycles. The summed E-state index contributed by atoms with van der Waals surface area (Å²) in [6.07, 6.45) is -0.333. The molecule has 0 radical (unpaired) electrons. The zero-order valence-corrected chi connectivity index (χ0v) is 10.3. The Hall–Kier alpha value is -0.770. The smallest absolute Gasteiger partial charge is 0.408 e. The van der Waals surface area contributed by atoms with E-state index < -0.39 is 5.60 Å². The average Bonchev–Trinajstić information content (AvgIpc) is 2.27. The lowest BCUT2D eigenvalue weighted by Gasteiger charge is -2.31. The normalized spacial score (nSPS) is 31.4. The van der Waals surface area contributed by atoms with Crippen LogP contribution in [0.5, 0.6) is 0 Å². The number of nitrogens with one attached hydrogen (secondary N) is 2. The number of carbonyl (C=O) groups excluding carboxylic acids is 1. The van der Waals surface area contributed by atoms with Crippen LogP contribution in [0, 0.1) is 5.92 Å². The highest BCUT2D eigenvalue weighted by Crippen LogP contribution is 2.21. The third-order valence-corrected chi connectivity index (χ3v) is 2.82. The first-order valence-electron chi connectivity index (χ1n) is 5.45. The van der Waals surface area contributed by atoms with Crippen molar-refractivity contribution in [1.29, 1.82) is 0 Å². The van der Waals surface area contributed by atoms with Gasteiger partial charge in [-0.05, 0) is 33.6 Å². The van der Waals surface area contributed by atoms with E-state index in [9.17, 15) is 4.79 Å².